The Morgan fingerprint density at radius 1 is 1.04 bits per heavy atom. The monoisotopic (exact) mass is 450 g/mol. The minimum absolute atomic E-state index is 0.0293. The summed E-state index contributed by atoms with van der Waals surface area (Å²) in [7, 11) is 0. The molecule has 0 bridgehead atoms. The number of benzene rings is 2. The van der Waals surface area contributed by atoms with E-state index in [4.69, 9.17) is 4.42 Å². The smallest absolute Gasteiger partial charge is 0.417 e. The number of carbonyl (C=O) groups excluding carboxylic acids is 1. The SMILES string of the molecule is O=C1C(=Cc2ccc(-c3ccc(Br)c(C(F)(F)F)c3)o2)Sc2ccccc21. The molecule has 0 fully saturated rings. The van der Waals surface area contributed by atoms with Gasteiger partial charge >= 0.3 is 6.18 Å². The summed E-state index contributed by atoms with van der Waals surface area (Å²) in [6.45, 7) is 0. The van der Waals surface area contributed by atoms with Crippen molar-refractivity contribution in [3.05, 3.63) is 80.9 Å². The molecule has 3 aromatic rings. The summed E-state index contributed by atoms with van der Waals surface area (Å²) in [4.78, 5) is 13.8. The van der Waals surface area contributed by atoms with E-state index >= 15 is 0 Å². The van der Waals surface area contributed by atoms with Crippen LogP contribution in [0.3, 0.4) is 0 Å². The van der Waals surface area contributed by atoms with Crippen molar-refractivity contribution in [2.45, 2.75) is 11.1 Å². The Morgan fingerprint density at radius 3 is 2.56 bits per heavy atom. The normalized spacial score (nSPS) is 15.4. The van der Waals surface area contributed by atoms with Crippen LogP contribution >= 0.6 is 27.7 Å². The van der Waals surface area contributed by atoms with Crippen LogP contribution in [0.15, 0.2) is 73.3 Å². The van der Waals surface area contributed by atoms with E-state index in [-0.39, 0.29) is 10.3 Å². The molecule has 0 amide bonds. The van der Waals surface area contributed by atoms with Crippen LogP contribution < -0.4 is 0 Å². The van der Waals surface area contributed by atoms with Gasteiger partial charge in [-0.25, -0.2) is 0 Å². The number of halogens is 4. The highest BCUT2D eigenvalue weighted by molar-refractivity contribution is 9.10. The van der Waals surface area contributed by atoms with E-state index in [0.29, 0.717) is 27.6 Å². The van der Waals surface area contributed by atoms with Crippen molar-refractivity contribution >= 4 is 39.6 Å². The molecule has 1 aromatic heterocycles. The summed E-state index contributed by atoms with van der Waals surface area (Å²) in [5.41, 5.74) is 0.181. The fourth-order valence-electron chi connectivity index (χ4n) is 2.75. The van der Waals surface area contributed by atoms with Crippen LogP contribution in [0.2, 0.25) is 0 Å². The molecule has 0 atom stereocenters. The highest BCUT2D eigenvalue weighted by atomic mass is 79.9. The van der Waals surface area contributed by atoms with E-state index in [1.807, 2.05) is 12.1 Å². The lowest BCUT2D eigenvalue weighted by molar-refractivity contribution is -0.138. The molecule has 0 unspecified atom stereocenters. The number of thioether (sulfide) groups is 1. The van der Waals surface area contributed by atoms with E-state index in [9.17, 15) is 18.0 Å². The molecule has 0 saturated carbocycles. The van der Waals surface area contributed by atoms with Gasteiger partial charge in [0.05, 0.1) is 10.5 Å². The molecule has 2 nitrogen and oxygen atoms in total. The molecule has 0 spiro atoms. The van der Waals surface area contributed by atoms with Crippen molar-refractivity contribution < 1.29 is 22.4 Å². The van der Waals surface area contributed by atoms with Gasteiger partial charge in [-0.15, -0.1) is 0 Å². The molecule has 2 aromatic carbocycles. The van der Waals surface area contributed by atoms with Gasteiger partial charge in [-0.1, -0.05) is 45.9 Å². The van der Waals surface area contributed by atoms with Gasteiger partial charge in [-0.05, 0) is 42.5 Å². The molecule has 4 rings (SSSR count). The number of carbonyl (C=O) groups is 1. The first-order chi connectivity index (χ1) is 12.8. The Kier molecular flexibility index (Phi) is 4.52. The number of rotatable bonds is 2. The summed E-state index contributed by atoms with van der Waals surface area (Å²) in [6.07, 6.45) is -2.86. The summed E-state index contributed by atoms with van der Waals surface area (Å²) < 4.78 is 44.9. The van der Waals surface area contributed by atoms with Gasteiger partial charge in [-0.2, -0.15) is 13.2 Å². The van der Waals surface area contributed by atoms with Crippen molar-refractivity contribution in [2.24, 2.45) is 0 Å². The van der Waals surface area contributed by atoms with Crippen molar-refractivity contribution in [3.63, 3.8) is 0 Å². The quantitative estimate of drug-likeness (QED) is 0.391. The predicted octanol–water partition coefficient (Wildman–Crippen LogP) is 7.06. The summed E-state index contributed by atoms with van der Waals surface area (Å²) in [6, 6.07) is 14.4. The van der Waals surface area contributed by atoms with Crippen LogP contribution in [0.1, 0.15) is 21.7 Å². The Labute approximate surface area is 165 Å². The zero-order valence-electron chi connectivity index (χ0n) is 13.5. The molecule has 0 radical (unpaired) electrons. The molecule has 0 N–H and O–H groups in total. The molecular weight excluding hydrogens is 441 g/mol. The second-order valence-electron chi connectivity index (χ2n) is 5.83. The molecule has 0 saturated heterocycles. The highest BCUT2D eigenvalue weighted by Gasteiger charge is 2.33. The average molecular weight is 451 g/mol. The first kappa shape index (κ1) is 18.1. The summed E-state index contributed by atoms with van der Waals surface area (Å²) in [5.74, 6) is 0.620. The zero-order valence-corrected chi connectivity index (χ0v) is 15.9. The van der Waals surface area contributed by atoms with Gasteiger partial charge in [-0.3, -0.25) is 4.79 Å². The average Bonchev–Trinajstić information content (AvgIpc) is 3.20. The maximum Gasteiger partial charge on any atom is 0.417 e. The third kappa shape index (κ3) is 3.49. The lowest BCUT2D eigenvalue weighted by Crippen LogP contribution is -2.05. The van der Waals surface area contributed by atoms with Gasteiger partial charge in [0.1, 0.15) is 11.5 Å². The standard InChI is InChI=1S/C20H10BrF3O2S/c21-15-7-5-11(9-14(15)20(22,23)24)16-8-6-12(26-16)10-18-19(25)13-3-1-2-4-17(13)27-18/h1-10H. The molecule has 136 valence electrons. The van der Waals surface area contributed by atoms with Crippen molar-refractivity contribution in [3.8, 4) is 11.3 Å². The van der Waals surface area contributed by atoms with Crippen molar-refractivity contribution in [1.82, 2.24) is 0 Å². The molecular formula is C20H10BrF3O2S. The number of hydrogen-bond donors (Lipinski definition) is 0. The number of furan rings is 1. The molecule has 2 heterocycles. The second kappa shape index (κ2) is 6.73. The number of allylic oxidation sites excluding steroid dienone is 1. The lowest BCUT2D eigenvalue weighted by Gasteiger charge is -2.10. The topological polar surface area (TPSA) is 30.2 Å². The zero-order chi connectivity index (χ0) is 19.2. The molecule has 1 aliphatic rings. The van der Waals surface area contributed by atoms with E-state index < -0.39 is 11.7 Å². The molecule has 7 heteroatoms. The van der Waals surface area contributed by atoms with Gasteiger partial charge in [0.2, 0.25) is 5.78 Å². The fraction of sp³-hybridized carbons (Fsp3) is 0.0500. The largest absolute Gasteiger partial charge is 0.457 e. The van der Waals surface area contributed by atoms with Crippen LogP contribution in [-0.4, -0.2) is 5.78 Å². The van der Waals surface area contributed by atoms with Gasteiger partial charge in [0.25, 0.3) is 0 Å². The van der Waals surface area contributed by atoms with Crippen LogP contribution in [0.25, 0.3) is 17.4 Å². The Morgan fingerprint density at radius 2 is 1.81 bits per heavy atom. The maximum absolute atomic E-state index is 13.1. The first-order valence-corrected chi connectivity index (χ1v) is 9.44. The van der Waals surface area contributed by atoms with Crippen LogP contribution in [-0.2, 0) is 6.18 Å². The second-order valence-corrected chi connectivity index (χ2v) is 7.77. The summed E-state index contributed by atoms with van der Waals surface area (Å²) >= 11 is 4.27. The van der Waals surface area contributed by atoms with E-state index in [0.717, 1.165) is 11.0 Å². The van der Waals surface area contributed by atoms with Crippen molar-refractivity contribution in [1.29, 1.82) is 0 Å². The number of alkyl halides is 3. The Bertz CT molecular complexity index is 1080. The Balaban J connectivity index is 1.65. The minimum atomic E-state index is -4.47. The third-order valence-corrected chi connectivity index (χ3v) is 5.82. The number of fused-ring (bicyclic) bond motifs is 1. The van der Waals surface area contributed by atoms with Crippen LogP contribution in [0.4, 0.5) is 13.2 Å². The van der Waals surface area contributed by atoms with Gasteiger partial charge in [0.15, 0.2) is 0 Å². The van der Waals surface area contributed by atoms with Gasteiger partial charge < -0.3 is 4.42 Å². The number of hydrogen-bond acceptors (Lipinski definition) is 3. The highest BCUT2D eigenvalue weighted by Crippen LogP contribution is 2.41. The van der Waals surface area contributed by atoms with Crippen LogP contribution in [0.5, 0.6) is 0 Å². The van der Waals surface area contributed by atoms with E-state index in [1.54, 1.807) is 36.4 Å². The maximum atomic E-state index is 13.1. The van der Waals surface area contributed by atoms with E-state index in [2.05, 4.69) is 15.9 Å². The molecule has 27 heavy (non-hydrogen) atoms. The summed E-state index contributed by atoms with van der Waals surface area (Å²) in [5, 5.41) is 0. The third-order valence-electron chi connectivity index (χ3n) is 4.03. The number of Topliss-reactive ketones (excluding diaryl/α,β-unsaturated/α-hetero) is 1. The van der Waals surface area contributed by atoms with Crippen LogP contribution in [0, 0.1) is 0 Å². The number of ketones is 1. The van der Waals surface area contributed by atoms with E-state index in [1.165, 1.54) is 17.8 Å². The fourth-order valence-corrected chi connectivity index (χ4v) is 4.25. The van der Waals surface area contributed by atoms with Gasteiger partial charge in [0, 0.05) is 20.5 Å². The Hall–Kier alpha value is -2.25. The lowest BCUT2D eigenvalue weighted by atomic mass is 10.1. The molecule has 1 aliphatic heterocycles. The molecule has 0 aliphatic carbocycles. The first-order valence-electron chi connectivity index (χ1n) is 7.83. The van der Waals surface area contributed by atoms with Crippen molar-refractivity contribution in [2.75, 3.05) is 0 Å². The predicted molar refractivity (Wildman–Crippen MR) is 101 cm³/mol. The minimum Gasteiger partial charge on any atom is -0.457 e.